The quantitative estimate of drug-likeness (QED) is 0.595. The number of nitrogens with zero attached hydrogens (tertiary/aromatic N) is 4. The number of para-hydroxylation sites is 1. The van der Waals surface area contributed by atoms with Gasteiger partial charge in [-0.05, 0) is 75.5 Å². The number of unbranched alkanes of at least 4 members (excludes halogenated alkanes) is 1. The first-order valence-corrected chi connectivity index (χ1v) is 12.3. The Morgan fingerprint density at radius 2 is 1.97 bits per heavy atom. The summed E-state index contributed by atoms with van der Waals surface area (Å²) in [4.78, 5) is 37.2. The van der Waals surface area contributed by atoms with Crippen molar-refractivity contribution in [3.05, 3.63) is 48.2 Å². The lowest BCUT2D eigenvalue weighted by molar-refractivity contribution is 0.102. The van der Waals surface area contributed by atoms with Crippen molar-refractivity contribution in [2.24, 2.45) is 5.92 Å². The molecule has 0 saturated carbocycles. The third-order valence-electron chi connectivity index (χ3n) is 6.85. The molecule has 1 fully saturated rings. The number of hydrogen-bond donors (Lipinski definition) is 1. The van der Waals surface area contributed by atoms with Crippen molar-refractivity contribution >= 4 is 29.1 Å². The van der Waals surface area contributed by atoms with Crippen molar-refractivity contribution in [3.63, 3.8) is 0 Å². The van der Waals surface area contributed by atoms with Gasteiger partial charge in [0.1, 0.15) is 0 Å². The SMILES string of the molecule is CCN(CC)CCCCC1CCCN(C(=O)N2c3ccccc3C(=O)Nc3cccnc32)C1. The number of rotatable bonds is 7. The van der Waals surface area contributed by atoms with Gasteiger partial charge in [-0.15, -0.1) is 0 Å². The Kier molecular flexibility index (Phi) is 7.60. The molecular formula is C26H35N5O2. The average molecular weight is 450 g/mol. The highest BCUT2D eigenvalue weighted by atomic mass is 16.2. The molecule has 1 unspecified atom stereocenters. The van der Waals surface area contributed by atoms with Crippen LogP contribution in [0.25, 0.3) is 0 Å². The smallest absolute Gasteiger partial charge is 0.324 e. The van der Waals surface area contributed by atoms with Crippen molar-refractivity contribution in [2.75, 3.05) is 42.9 Å². The van der Waals surface area contributed by atoms with E-state index in [-0.39, 0.29) is 11.9 Å². The molecule has 4 rings (SSSR count). The summed E-state index contributed by atoms with van der Waals surface area (Å²) in [6.07, 6.45) is 7.38. The molecule has 1 aromatic heterocycles. The molecule has 0 aliphatic carbocycles. The molecule has 1 N–H and O–H groups in total. The number of benzene rings is 1. The zero-order chi connectivity index (χ0) is 23.2. The molecule has 7 nitrogen and oxygen atoms in total. The summed E-state index contributed by atoms with van der Waals surface area (Å²) in [6.45, 7) is 9.27. The standard InChI is InChI=1S/C26H35N5O2/c1-3-29(4-2)17-8-7-11-20-12-10-18-30(19-20)26(33)31-23-15-6-5-13-21(23)25(32)28-22-14-9-16-27-24(22)31/h5-6,9,13-16,20H,3-4,7-8,10-12,17-19H2,1-2H3,(H,28,32). The molecule has 3 amide bonds. The normalized spacial score (nSPS) is 17.9. The van der Waals surface area contributed by atoms with E-state index in [0.29, 0.717) is 28.7 Å². The number of fused-ring (bicyclic) bond motifs is 2. The van der Waals surface area contributed by atoms with E-state index in [0.717, 1.165) is 45.6 Å². The molecular weight excluding hydrogens is 414 g/mol. The fourth-order valence-corrected chi connectivity index (χ4v) is 4.95. The zero-order valence-electron chi connectivity index (χ0n) is 19.8. The number of likely N-dealkylation sites (tertiary alicyclic amines) is 1. The van der Waals surface area contributed by atoms with Crippen LogP contribution in [-0.2, 0) is 0 Å². The van der Waals surface area contributed by atoms with E-state index >= 15 is 0 Å². The van der Waals surface area contributed by atoms with Gasteiger partial charge in [-0.2, -0.15) is 0 Å². The van der Waals surface area contributed by atoms with Gasteiger partial charge in [0.05, 0.1) is 16.9 Å². The van der Waals surface area contributed by atoms with E-state index in [2.05, 4.69) is 29.0 Å². The third kappa shape index (κ3) is 5.19. The largest absolute Gasteiger partial charge is 0.330 e. The second kappa shape index (κ2) is 10.8. The highest BCUT2D eigenvalue weighted by Crippen LogP contribution is 2.37. The lowest BCUT2D eigenvalue weighted by Crippen LogP contribution is -2.46. The van der Waals surface area contributed by atoms with Gasteiger partial charge in [0.25, 0.3) is 5.91 Å². The Hall–Kier alpha value is -2.93. The Balaban J connectivity index is 1.49. The highest BCUT2D eigenvalue weighted by molar-refractivity contribution is 6.16. The number of piperidine rings is 1. The second-order valence-electron chi connectivity index (χ2n) is 8.94. The Labute approximate surface area is 196 Å². The third-order valence-corrected chi connectivity index (χ3v) is 6.85. The van der Waals surface area contributed by atoms with Crippen molar-refractivity contribution in [3.8, 4) is 0 Å². The fourth-order valence-electron chi connectivity index (χ4n) is 4.95. The highest BCUT2D eigenvalue weighted by Gasteiger charge is 2.34. The first-order valence-electron chi connectivity index (χ1n) is 12.3. The molecule has 176 valence electrons. The summed E-state index contributed by atoms with van der Waals surface area (Å²) in [5.41, 5.74) is 1.62. The number of nitrogens with one attached hydrogen (secondary N) is 1. The lowest BCUT2D eigenvalue weighted by Gasteiger charge is -2.36. The Morgan fingerprint density at radius 3 is 2.79 bits per heavy atom. The van der Waals surface area contributed by atoms with E-state index in [4.69, 9.17) is 0 Å². The summed E-state index contributed by atoms with van der Waals surface area (Å²) < 4.78 is 0. The first-order chi connectivity index (χ1) is 16.1. The molecule has 0 spiro atoms. The number of amides is 3. The van der Waals surface area contributed by atoms with Crippen LogP contribution in [0.2, 0.25) is 0 Å². The van der Waals surface area contributed by atoms with Crippen molar-refractivity contribution in [2.45, 2.75) is 46.0 Å². The summed E-state index contributed by atoms with van der Waals surface area (Å²) in [5.74, 6) is 0.770. The van der Waals surface area contributed by atoms with E-state index in [9.17, 15) is 9.59 Å². The van der Waals surface area contributed by atoms with Crippen LogP contribution in [0.15, 0.2) is 42.6 Å². The number of aromatic nitrogens is 1. The zero-order valence-corrected chi connectivity index (χ0v) is 19.8. The second-order valence-corrected chi connectivity index (χ2v) is 8.94. The minimum Gasteiger partial charge on any atom is -0.324 e. The molecule has 3 heterocycles. The summed E-state index contributed by atoms with van der Waals surface area (Å²) in [6, 6.07) is 10.7. The molecule has 2 aromatic rings. The molecule has 33 heavy (non-hydrogen) atoms. The first kappa shape index (κ1) is 23.2. The maximum absolute atomic E-state index is 13.8. The van der Waals surface area contributed by atoms with Crippen LogP contribution in [0.1, 0.15) is 56.3 Å². The number of carbonyl (C=O) groups is 2. The van der Waals surface area contributed by atoms with Crippen LogP contribution < -0.4 is 10.2 Å². The predicted octanol–water partition coefficient (Wildman–Crippen LogP) is 5.13. The molecule has 7 heteroatoms. The Bertz CT molecular complexity index is 975. The number of anilines is 3. The summed E-state index contributed by atoms with van der Waals surface area (Å²) in [7, 11) is 0. The number of pyridine rings is 1. The van der Waals surface area contributed by atoms with E-state index in [1.807, 2.05) is 23.1 Å². The van der Waals surface area contributed by atoms with Gasteiger partial charge in [-0.3, -0.25) is 4.79 Å². The van der Waals surface area contributed by atoms with Gasteiger partial charge in [-0.25, -0.2) is 14.7 Å². The topological polar surface area (TPSA) is 68.8 Å². The monoisotopic (exact) mass is 449 g/mol. The molecule has 1 saturated heterocycles. The number of hydrogen-bond acceptors (Lipinski definition) is 4. The maximum atomic E-state index is 13.8. The van der Waals surface area contributed by atoms with E-state index in [1.165, 1.54) is 19.3 Å². The van der Waals surface area contributed by atoms with Gasteiger partial charge in [0.15, 0.2) is 5.82 Å². The van der Waals surface area contributed by atoms with Crippen molar-refractivity contribution < 1.29 is 9.59 Å². The fraction of sp³-hybridized carbons (Fsp3) is 0.500. The van der Waals surface area contributed by atoms with Crippen LogP contribution >= 0.6 is 0 Å². The Morgan fingerprint density at radius 1 is 1.15 bits per heavy atom. The minimum absolute atomic E-state index is 0.105. The van der Waals surface area contributed by atoms with Crippen LogP contribution in [0.5, 0.6) is 0 Å². The molecule has 1 aromatic carbocycles. The minimum atomic E-state index is -0.222. The number of carbonyl (C=O) groups excluding carboxylic acids is 2. The lowest BCUT2D eigenvalue weighted by atomic mass is 9.93. The van der Waals surface area contributed by atoms with Crippen LogP contribution in [0, 0.1) is 5.92 Å². The summed E-state index contributed by atoms with van der Waals surface area (Å²) >= 11 is 0. The maximum Gasteiger partial charge on any atom is 0.330 e. The van der Waals surface area contributed by atoms with Gasteiger partial charge in [0.2, 0.25) is 0 Å². The van der Waals surface area contributed by atoms with E-state index in [1.54, 1.807) is 29.3 Å². The molecule has 0 bridgehead atoms. The van der Waals surface area contributed by atoms with Crippen LogP contribution in [-0.4, -0.2) is 59.4 Å². The van der Waals surface area contributed by atoms with Gasteiger partial charge < -0.3 is 15.1 Å². The van der Waals surface area contributed by atoms with Crippen LogP contribution in [0.4, 0.5) is 22.0 Å². The molecule has 0 radical (unpaired) electrons. The average Bonchev–Trinajstić information content (AvgIpc) is 2.98. The number of urea groups is 1. The van der Waals surface area contributed by atoms with Crippen molar-refractivity contribution in [1.29, 1.82) is 0 Å². The van der Waals surface area contributed by atoms with Gasteiger partial charge in [0, 0.05) is 19.3 Å². The van der Waals surface area contributed by atoms with Crippen molar-refractivity contribution in [1.82, 2.24) is 14.8 Å². The molecule has 2 aliphatic rings. The van der Waals surface area contributed by atoms with Gasteiger partial charge >= 0.3 is 6.03 Å². The molecule has 2 aliphatic heterocycles. The van der Waals surface area contributed by atoms with Crippen LogP contribution in [0.3, 0.4) is 0 Å². The summed E-state index contributed by atoms with van der Waals surface area (Å²) in [5, 5.41) is 2.91. The predicted molar refractivity (Wildman–Crippen MR) is 132 cm³/mol. The van der Waals surface area contributed by atoms with Gasteiger partial charge in [-0.1, -0.05) is 32.4 Å². The molecule has 1 atom stereocenters. The van der Waals surface area contributed by atoms with E-state index < -0.39 is 0 Å².